The molecular weight excluding hydrogens is 488 g/mol. The molecule has 1 saturated heterocycles. The van der Waals surface area contributed by atoms with Crippen LogP contribution in [0.1, 0.15) is 58.8 Å². The van der Waals surface area contributed by atoms with E-state index in [4.69, 9.17) is 9.47 Å². The highest BCUT2D eigenvalue weighted by atomic mass is 16.7. The van der Waals surface area contributed by atoms with Crippen molar-refractivity contribution in [3.63, 3.8) is 0 Å². The maximum absolute atomic E-state index is 12.6. The molecule has 0 amide bonds. The van der Waals surface area contributed by atoms with Gasteiger partial charge in [0, 0.05) is 10.8 Å². The second-order valence-electron chi connectivity index (χ2n) is 12.9. The Morgan fingerprint density at radius 2 is 1.65 bits per heavy atom. The van der Waals surface area contributed by atoms with Gasteiger partial charge in [0.25, 0.3) is 0 Å². The van der Waals surface area contributed by atoms with E-state index in [2.05, 4.69) is 0 Å². The van der Waals surface area contributed by atoms with Crippen LogP contribution in [0, 0.1) is 34.0 Å². The number of aliphatic carboxylic acids is 1. The fraction of sp³-hybridized carbons (Fsp3) is 0.962. The number of carbonyl (C=O) groups is 1. The summed E-state index contributed by atoms with van der Waals surface area (Å²) in [6, 6.07) is 0. The summed E-state index contributed by atoms with van der Waals surface area (Å²) in [5, 5.41) is 83.9. The molecule has 0 aromatic heterocycles. The van der Waals surface area contributed by atoms with Crippen LogP contribution in [0.4, 0.5) is 0 Å². The summed E-state index contributed by atoms with van der Waals surface area (Å²) < 4.78 is 12.0. The predicted molar refractivity (Wildman–Crippen MR) is 126 cm³/mol. The summed E-state index contributed by atoms with van der Waals surface area (Å²) in [5.41, 5.74) is -4.20. The third-order valence-electron chi connectivity index (χ3n) is 11.5. The molecule has 0 unspecified atom stereocenters. The van der Waals surface area contributed by atoms with E-state index in [1.54, 1.807) is 6.92 Å². The molecule has 14 atom stereocenters. The third kappa shape index (κ3) is 3.55. The topological polar surface area (TPSA) is 197 Å². The van der Waals surface area contributed by atoms with E-state index in [0.717, 1.165) is 0 Å². The number of aliphatic hydroxyl groups is 7. The van der Waals surface area contributed by atoms with Gasteiger partial charge >= 0.3 is 5.97 Å². The number of hydrogen-bond donors (Lipinski definition) is 8. The highest BCUT2D eigenvalue weighted by Gasteiger charge is 2.74. The number of fused-ring (bicyclic) bond motifs is 3. The monoisotopic (exact) mass is 530 g/mol. The van der Waals surface area contributed by atoms with Crippen LogP contribution >= 0.6 is 0 Å². The van der Waals surface area contributed by atoms with Gasteiger partial charge in [-0.2, -0.15) is 0 Å². The highest BCUT2D eigenvalue weighted by Crippen LogP contribution is 2.73. The molecule has 212 valence electrons. The first-order chi connectivity index (χ1) is 17.3. The maximum Gasteiger partial charge on any atom is 0.309 e. The zero-order chi connectivity index (χ0) is 27.1. The predicted octanol–water partition coefficient (Wildman–Crippen LogP) is -1.03. The van der Waals surface area contributed by atoms with Crippen LogP contribution < -0.4 is 0 Å². The second kappa shape index (κ2) is 9.07. The Morgan fingerprint density at radius 3 is 2.27 bits per heavy atom. The van der Waals surface area contributed by atoms with Gasteiger partial charge in [0.15, 0.2) is 6.29 Å². The molecule has 1 aliphatic heterocycles. The van der Waals surface area contributed by atoms with Crippen LogP contribution in [0.3, 0.4) is 0 Å². The fourth-order valence-corrected chi connectivity index (χ4v) is 9.52. The minimum Gasteiger partial charge on any atom is -0.481 e. The van der Waals surface area contributed by atoms with Gasteiger partial charge in [-0.25, -0.2) is 0 Å². The van der Waals surface area contributed by atoms with Crippen LogP contribution in [0.5, 0.6) is 0 Å². The average molecular weight is 531 g/mol. The minimum atomic E-state index is -1.61. The van der Waals surface area contributed by atoms with E-state index in [-0.39, 0.29) is 17.8 Å². The first-order valence-electron chi connectivity index (χ1n) is 13.5. The first kappa shape index (κ1) is 27.7. The lowest BCUT2D eigenvalue weighted by molar-refractivity contribution is -0.337. The number of hydrogen-bond acceptors (Lipinski definition) is 10. The lowest BCUT2D eigenvalue weighted by atomic mass is 9.40. The minimum absolute atomic E-state index is 0.237. The Labute approximate surface area is 216 Å². The molecule has 5 fully saturated rings. The van der Waals surface area contributed by atoms with Crippen molar-refractivity contribution in [2.75, 3.05) is 13.2 Å². The van der Waals surface area contributed by atoms with Crippen molar-refractivity contribution >= 4 is 5.97 Å². The Kier molecular flexibility index (Phi) is 6.78. The molecular formula is C26H42O11. The van der Waals surface area contributed by atoms with E-state index < -0.39 is 83.9 Å². The van der Waals surface area contributed by atoms with Crippen LogP contribution in [0.25, 0.3) is 0 Å². The van der Waals surface area contributed by atoms with Crippen molar-refractivity contribution < 1.29 is 55.1 Å². The Balaban J connectivity index is 1.54. The summed E-state index contributed by atoms with van der Waals surface area (Å²) in [6.45, 7) is 2.58. The van der Waals surface area contributed by atoms with Gasteiger partial charge in [-0.1, -0.05) is 6.92 Å². The number of carboxylic acids is 1. The number of aliphatic hydroxyl groups excluding tert-OH is 6. The summed E-state index contributed by atoms with van der Waals surface area (Å²) in [4.78, 5) is 12.6. The quantitative estimate of drug-likeness (QED) is 0.216. The highest BCUT2D eigenvalue weighted by molar-refractivity contribution is 5.75. The standard InChI is InChI=1S/C26H42O11/c1-23(22(33)34)7-6-16(37-20-19(31)18(30)17(29)13(10-27)36-20)24(2)14(23)5-8-25-9-12(3-4-15(24)25)26(35,11-28)21(25)32/h12-21,27-32,35H,3-11H2,1-2H3,(H,33,34)/t12-,13-,14-,15+,16+,17-,18+,19-,20+,21-,23-,24-,25-,26+/m0/s1. The molecule has 2 bridgehead atoms. The SMILES string of the molecule is C[C@]12[C@@H](CC[C@]34C[C@H](CC[C@@H]31)[C@](O)(CO)[C@H]4O)[C@@](C)(C(=O)O)CC[C@H]2O[C@H]1O[C@@H](CO)[C@H](O)[C@@H](O)[C@@H]1O. The lowest BCUT2D eigenvalue weighted by Gasteiger charge is -2.66. The van der Waals surface area contributed by atoms with Crippen LogP contribution in [0.15, 0.2) is 0 Å². The summed E-state index contributed by atoms with van der Waals surface area (Å²) in [7, 11) is 0. The normalized spacial score (nSPS) is 57.4. The first-order valence-corrected chi connectivity index (χ1v) is 13.5. The van der Waals surface area contributed by atoms with Crippen molar-refractivity contribution in [3.05, 3.63) is 0 Å². The van der Waals surface area contributed by atoms with Gasteiger partial charge < -0.3 is 50.3 Å². The smallest absolute Gasteiger partial charge is 0.309 e. The van der Waals surface area contributed by atoms with Gasteiger partial charge in [0.05, 0.1) is 30.8 Å². The molecule has 5 rings (SSSR count). The average Bonchev–Trinajstić information content (AvgIpc) is 3.03. The molecule has 11 heteroatoms. The van der Waals surface area contributed by atoms with E-state index in [0.29, 0.717) is 44.9 Å². The van der Waals surface area contributed by atoms with Crippen LogP contribution in [-0.4, -0.2) is 109 Å². The van der Waals surface area contributed by atoms with Crippen molar-refractivity contribution in [2.45, 2.75) is 107 Å². The molecule has 8 N–H and O–H groups in total. The van der Waals surface area contributed by atoms with Gasteiger partial charge in [0.1, 0.15) is 30.0 Å². The Morgan fingerprint density at radius 1 is 0.946 bits per heavy atom. The van der Waals surface area contributed by atoms with Crippen LogP contribution in [-0.2, 0) is 14.3 Å². The Hall–Kier alpha value is -0.890. The summed E-state index contributed by atoms with van der Waals surface area (Å²) >= 11 is 0. The third-order valence-corrected chi connectivity index (χ3v) is 11.5. The molecule has 5 aliphatic rings. The largest absolute Gasteiger partial charge is 0.481 e. The van der Waals surface area contributed by atoms with Crippen molar-refractivity contribution in [1.29, 1.82) is 0 Å². The molecule has 0 aromatic rings. The van der Waals surface area contributed by atoms with Gasteiger partial charge in [-0.05, 0) is 69.6 Å². The molecule has 1 spiro atoms. The van der Waals surface area contributed by atoms with E-state index in [1.807, 2.05) is 6.92 Å². The summed E-state index contributed by atoms with van der Waals surface area (Å²) in [5.74, 6) is -1.75. The molecule has 4 aliphatic carbocycles. The number of ether oxygens (including phenoxy) is 2. The maximum atomic E-state index is 12.6. The number of rotatable bonds is 5. The zero-order valence-electron chi connectivity index (χ0n) is 21.4. The Bertz CT molecular complexity index is 900. The van der Waals surface area contributed by atoms with E-state index >= 15 is 0 Å². The molecule has 11 nitrogen and oxygen atoms in total. The second-order valence-corrected chi connectivity index (χ2v) is 12.9. The molecule has 37 heavy (non-hydrogen) atoms. The van der Waals surface area contributed by atoms with E-state index in [9.17, 15) is 45.6 Å². The van der Waals surface area contributed by atoms with Gasteiger partial charge in [-0.15, -0.1) is 0 Å². The number of carboxylic acid groups (broad SMARTS) is 1. The molecule has 0 radical (unpaired) electrons. The van der Waals surface area contributed by atoms with Crippen LogP contribution in [0.2, 0.25) is 0 Å². The van der Waals surface area contributed by atoms with Crippen molar-refractivity contribution in [2.24, 2.45) is 34.0 Å². The van der Waals surface area contributed by atoms with Crippen molar-refractivity contribution in [1.82, 2.24) is 0 Å². The summed E-state index contributed by atoms with van der Waals surface area (Å²) in [6.07, 6.45) is -5.66. The van der Waals surface area contributed by atoms with Gasteiger partial charge in [-0.3, -0.25) is 4.79 Å². The fourth-order valence-electron chi connectivity index (χ4n) is 9.52. The molecule has 1 heterocycles. The molecule has 4 saturated carbocycles. The zero-order valence-corrected chi connectivity index (χ0v) is 21.4. The lowest BCUT2D eigenvalue weighted by Crippen LogP contribution is -2.67. The van der Waals surface area contributed by atoms with Crippen molar-refractivity contribution in [3.8, 4) is 0 Å². The molecule has 0 aromatic carbocycles. The van der Waals surface area contributed by atoms with Gasteiger partial charge in [0.2, 0.25) is 0 Å². The van der Waals surface area contributed by atoms with E-state index in [1.165, 1.54) is 0 Å².